The van der Waals surface area contributed by atoms with E-state index in [0.29, 0.717) is 38.5 Å². The molecule has 0 fully saturated rings. The molecule has 0 saturated carbocycles. The number of carboxylic acid groups (broad SMARTS) is 4. The van der Waals surface area contributed by atoms with Crippen LogP contribution in [-0.2, 0) is 19.2 Å². The van der Waals surface area contributed by atoms with E-state index in [1.54, 1.807) is 0 Å². The Labute approximate surface area is 708 Å². The summed E-state index contributed by atoms with van der Waals surface area (Å²) in [6, 6.07) is 0. The first kappa shape index (κ1) is 122. The van der Waals surface area contributed by atoms with E-state index in [9.17, 15) is 19.2 Å². The topological polar surface area (TPSA) is 271 Å². The summed E-state index contributed by atoms with van der Waals surface area (Å²) >= 11 is 0. The fourth-order valence-electron chi connectivity index (χ4n) is 14.4. The van der Waals surface area contributed by atoms with E-state index in [4.69, 9.17) is 51.1 Å². The van der Waals surface area contributed by atoms with Crippen LogP contribution in [0.15, 0.2) is 0 Å². The monoisotopic (exact) mass is 1630 g/mol. The molecular formula is C100H204O14. The van der Waals surface area contributed by atoms with Gasteiger partial charge in [0, 0.05) is 36.5 Å². The maximum atomic E-state index is 10.4. The average molecular weight is 1630 g/mol. The number of carboxylic acids is 4. The van der Waals surface area contributed by atoms with Crippen LogP contribution in [0.2, 0.25) is 0 Å². The second-order valence-electron chi connectivity index (χ2n) is 34.7. The molecule has 0 amide bonds. The predicted octanol–water partition coefficient (Wildman–Crippen LogP) is 30.3. The fourth-order valence-corrected chi connectivity index (χ4v) is 14.4. The number of carbonyl (C=O) groups is 4. The third-order valence-corrected chi connectivity index (χ3v) is 23.5. The second kappa shape index (κ2) is 111. The molecule has 114 heavy (non-hydrogen) atoms. The van der Waals surface area contributed by atoms with Crippen LogP contribution in [-0.4, -0.2) is 115 Å². The van der Waals surface area contributed by atoms with Crippen LogP contribution in [0.25, 0.3) is 0 Å². The minimum absolute atomic E-state index is 0.156. The number of aliphatic hydroxyl groups is 6. The summed E-state index contributed by atoms with van der Waals surface area (Å²) in [5, 5.41) is 86.2. The molecule has 14 nitrogen and oxygen atoms in total. The molecule has 14 heteroatoms. The number of hydrogen-bond acceptors (Lipinski definition) is 10. The second-order valence-corrected chi connectivity index (χ2v) is 34.7. The Morgan fingerprint density at radius 2 is 0.228 bits per heavy atom. The van der Waals surface area contributed by atoms with Crippen LogP contribution in [0.1, 0.15) is 568 Å². The maximum absolute atomic E-state index is 10.4. The van der Waals surface area contributed by atoms with Crippen molar-refractivity contribution in [3.8, 4) is 0 Å². The van der Waals surface area contributed by atoms with Gasteiger partial charge < -0.3 is 51.1 Å². The van der Waals surface area contributed by atoms with E-state index in [2.05, 4.69) is 27.7 Å². The van der Waals surface area contributed by atoms with Crippen molar-refractivity contribution in [2.75, 3.05) is 39.6 Å². The van der Waals surface area contributed by atoms with Gasteiger partial charge in [0.05, 0.1) is 39.6 Å². The Kier molecular flexibility index (Phi) is 119. The zero-order valence-electron chi connectivity index (χ0n) is 77.3. The lowest BCUT2D eigenvalue weighted by molar-refractivity contribution is -0.138. The normalized spacial score (nSPS) is 11.2. The number of aliphatic hydroxyl groups excluding tert-OH is 6. The van der Waals surface area contributed by atoms with Gasteiger partial charge in [0.2, 0.25) is 0 Å². The zero-order valence-corrected chi connectivity index (χ0v) is 77.3. The molecule has 0 aromatic carbocycles. The van der Waals surface area contributed by atoms with Crippen molar-refractivity contribution in [1.29, 1.82) is 0 Å². The average Bonchev–Trinajstić information content (AvgIpc) is 0.921. The lowest BCUT2D eigenvalue weighted by atomic mass is 9.88. The van der Waals surface area contributed by atoms with Gasteiger partial charge in [-0.25, -0.2) is 0 Å². The third kappa shape index (κ3) is 116. The summed E-state index contributed by atoms with van der Waals surface area (Å²) in [5.74, 6) is -2.60. The Balaban J connectivity index is -0.000000317. The first-order valence-corrected chi connectivity index (χ1v) is 50.1. The van der Waals surface area contributed by atoms with Crippen molar-refractivity contribution in [1.82, 2.24) is 0 Å². The molecule has 0 radical (unpaired) electrons. The van der Waals surface area contributed by atoms with E-state index >= 15 is 0 Å². The first-order chi connectivity index (χ1) is 55.6. The van der Waals surface area contributed by atoms with E-state index in [-0.39, 0.29) is 39.6 Å². The molecule has 0 spiro atoms. The van der Waals surface area contributed by atoms with Gasteiger partial charge in [-0.2, -0.15) is 0 Å². The third-order valence-electron chi connectivity index (χ3n) is 23.5. The molecule has 0 saturated heterocycles. The molecule has 0 bridgehead atoms. The molecular weight excluding hydrogens is 1430 g/mol. The maximum Gasteiger partial charge on any atom is 0.303 e. The van der Waals surface area contributed by atoms with Crippen molar-refractivity contribution >= 4 is 23.9 Å². The Morgan fingerprint density at radius 3 is 0.281 bits per heavy atom. The highest BCUT2D eigenvalue weighted by Crippen LogP contribution is 2.23. The van der Waals surface area contributed by atoms with Crippen LogP contribution < -0.4 is 0 Å². The van der Waals surface area contributed by atoms with Crippen LogP contribution in [0.3, 0.4) is 0 Å². The van der Waals surface area contributed by atoms with Crippen molar-refractivity contribution in [2.45, 2.75) is 568 Å². The summed E-state index contributed by atoms with van der Waals surface area (Å²) in [4.78, 5) is 41.5. The van der Waals surface area contributed by atoms with Crippen molar-refractivity contribution in [3.63, 3.8) is 0 Å². The molecule has 0 heterocycles. The van der Waals surface area contributed by atoms with Crippen LogP contribution in [0, 0.1) is 10.8 Å². The SMILES string of the molecule is CCC(CO)(CO)CO.CCC(CO)(CO)CO.CCCCCCCCCCCCCCCCCCCCCC(=O)O.CCCCCCCCCCCCCCCCCCCCCC(=O)O.CCCCCCCCCCCCCCCCCCCCCC(=O)O.CCCCCCCCCCCCCCCCCCCCCC(=O)O. The Morgan fingerprint density at radius 1 is 0.149 bits per heavy atom. The van der Waals surface area contributed by atoms with Gasteiger partial charge in [0.25, 0.3) is 0 Å². The number of hydrogen-bond donors (Lipinski definition) is 10. The van der Waals surface area contributed by atoms with Gasteiger partial charge in [-0.15, -0.1) is 0 Å². The summed E-state index contributed by atoms with van der Waals surface area (Å²) in [6.07, 6.45) is 106. The van der Waals surface area contributed by atoms with Crippen molar-refractivity contribution in [2.24, 2.45) is 10.8 Å². The zero-order chi connectivity index (χ0) is 85.5. The molecule has 0 atom stereocenters. The summed E-state index contributed by atoms with van der Waals surface area (Å²) < 4.78 is 0. The number of aliphatic carboxylic acids is 4. The lowest BCUT2D eigenvalue weighted by Gasteiger charge is -2.24. The smallest absolute Gasteiger partial charge is 0.303 e. The number of rotatable bonds is 88. The molecule has 0 aliphatic rings. The Bertz CT molecular complexity index is 1490. The van der Waals surface area contributed by atoms with E-state index < -0.39 is 34.7 Å². The highest BCUT2D eigenvalue weighted by molar-refractivity contribution is 5.67. The largest absolute Gasteiger partial charge is 0.481 e. The van der Waals surface area contributed by atoms with Gasteiger partial charge in [-0.1, -0.05) is 504 Å². The lowest BCUT2D eigenvalue weighted by Crippen LogP contribution is -2.32. The standard InChI is InChI=1S/4C22H44O2.2C6H14O3/c4*1-2-3-4-5-6-7-8-9-10-11-12-13-14-15-16-17-18-19-20-21-22(23)24;2*1-2-6(3-7,4-8)5-9/h4*2-21H2,1H3,(H,23,24);2*7-9H,2-5H2,1H3. The molecule has 0 aromatic heterocycles. The van der Waals surface area contributed by atoms with Gasteiger partial charge in [0.1, 0.15) is 0 Å². The Hall–Kier alpha value is -2.36. The number of unbranched alkanes of at least 4 members (excludes halogenated alkanes) is 72. The summed E-state index contributed by atoms with van der Waals surface area (Å²) in [6.45, 7) is 11.8. The summed E-state index contributed by atoms with van der Waals surface area (Å²) in [7, 11) is 0. The molecule has 688 valence electrons. The van der Waals surface area contributed by atoms with Crippen LogP contribution in [0.5, 0.6) is 0 Å². The van der Waals surface area contributed by atoms with Gasteiger partial charge in [-0.05, 0) is 38.5 Å². The highest BCUT2D eigenvalue weighted by atomic mass is 16.4. The van der Waals surface area contributed by atoms with Crippen molar-refractivity contribution in [3.05, 3.63) is 0 Å². The molecule has 0 aromatic rings. The molecule has 10 N–H and O–H groups in total. The van der Waals surface area contributed by atoms with E-state index in [1.807, 2.05) is 13.8 Å². The molecule has 0 unspecified atom stereocenters. The van der Waals surface area contributed by atoms with E-state index in [0.717, 1.165) is 51.4 Å². The van der Waals surface area contributed by atoms with Crippen molar-refractivity contribution < 1.29 is 70.2 Å². The predicted molar refractivity (Wildman–Crippen MR) is 491 cm³/mol. The quantitative estimate of drug-likeness (QED) is 0.0254. The molecule has 0 aliphatic heterocycles. The van der Waals surface area contributed by atoms with Gasteiger partial charge >= 0.3 is 23.9 Å². The van der Waals surface area contributed by atoms with E-state index in [1.165, 1.54) is 437 Å². The van der Waals surface area contributed by atoms with Gasteiger partial charge in [-0.3, -0.25) is 19.2 Å². The van der Waals surface area contributed by atoms with Crippen LogP contribution in [0.4, 0.5) is 0 Å². The summed E-state index contributed by atoms with van der Waals surface area (Å²) in [5.41, 5.74) is -1.33. The molecule has 0 aliphatic carbocycles. The fraction of sp³-hybridized carbons (Fsp3) is 0.960. The highest BCUT2D eigenvalue weighted by Gasteiger charge is 2.26. The minimum Gasteiger partial charge on any atom is -0.481 e. The minimum atomic E-state index is -0.667. The first-order valence-electron chi connectivity index (χ1n) is 50.1. The van der Waals surface area contributed by atoms with Crippen LogP contribution >= 0.6 is 0 Å². The van der Waals surface area contributed by atoms with Gasteiger partial charge in [0.15, 0.2) is 0 Å². The molecule has 0 rings (SSSR count).